The molecule has 8 heteroatoms. The summed E-state index contributed by atoms with van der Waals surface area (Å²) in [6.45, 7) is 11.6. The summed E-state index contributed by atoms with van der Waals surface area (Å²) in [5.74, 6) is 2.58. The predicted molar refractivity (Wildman–Crippen MR) is 145 cm³/mol. The Kier molecular flexibility index (Phi) is 7.58. The van der Waals surface area contributed by atoms with Crippen molar-refractivity contribution in [1.82, 2.24) is 20.5 Å². The molecular weight excluding hydrogens is 468 g/mol. The molecule has 4 aromatic rings. The van der Waals surface area contributed by atoms with Crippen LogP contribution in [0.4, 0.5) is 0 Å². The molecule has 1 fully saturated rings. The molecule has 0 aliphatic carbocycles. The number of hydrogen-bond acceptors (Lipinski definition) is 7. The highest BCUT2D eigenvalue weighted by molar-refractivity contribution is 6.07. The normalized spacial score (nSPS) is 15.1. The highest BCUT2D eigenvalue weighted by atomic mass is 16.5. The molecule has 0 radical (unpaired) electrons. The smallest absolute Gasteiger partial charge is 0.255 e. The van der Waals surface area contributed by atoms with Crippen molar-refractivity contribution in [3.8, 4) is 17.2 Å². The number of ether oxygens (including phenoxy) is 2. The van der Waals surface area contributed by atoms with Crippen LogP contribution >= 0.6 is 0 Å². The fourth-order valence-corrected chi connectivity index (χ4v) is 4.58. The number of aromatic nitrogens is 1. The monoisotopic (exact) mass is 502 g/mol. The second-order valence-corrected chi connectivity index (χ2v) is 9.50. The van der Waals surface area contributed by atoms with Crippen molar-refractivity contribution in [2.75, 3.05) is 39.3 Å². The van der Waals surface area contributed by atoms with Crippen molar-refractivity contribution in [1.29, 1.82) is 0 Å². The third-order valence-electron chi connectivity index (χ3n) is 6.84. The number of hydrogen-bond donors (Lipinski definition) is 2. The van der Waals surface area contributed by atoms with Gasteiger partial charge in [0.15, 0.2) is 0 Å². The number of nitrogens with one attached hydrogen (secondary N) is 2. The summed E-state index contributed by atoms with van der Waals surface area (Å²) in [5.41, 5.74) is 1.99. The van der Waals surface area contributed by atoms with Crippen LogP contribution in [0.15, 0.2) is 53.1 Å². The van der Waals surface area contributed by atoms with E-state index in [1.165, 1.54) is 0 Å². The van der Waals surface area contributed by atoms with Crippen molar-refractivity contribution in [2.45, 2.75) is 33.2 Å². The second-order valence-electron chi connectivity index (χ2n) is 9.50. The highest BCUT2D eigenvalue weighted by Crippen LogP contribution is 2.34. The maximum absolute atomic E-state index is 12.8. The molecule has 0 bridgehead atoms. The molecular formula is C29H34N4O4. The molecule has 2 N–H and O–H groups in total. The van der Waals surface area contributed by atoms with E-state index in [9.17, 15) is 4.79 Å². The maximum atomic E-state index is 12.8. The minimum atomic E-state index is -0.120. The maximum Gasteiger partial charge on any atom is 0.255 e. The van der Waals surface area contributed by atoms with E-state index in [2.05, 4.69) is 20.5 Å². The van der Waals surface area contributed by atoms with Gasteiger partial charge in [0, 0.05) is 67.9 Å². The first-order chi connectivity index (χ1) is 18.0. The molecule has 0 spiro atoms. The third-order valence-corrected chi connectivity index (χ3v) is 6.84. The van der Waals surface area contributed by atoms with E-state index in [-0.39, 0.29) is 11.9 Å². The summed E-state index contributed by atoms with van der Waals surface area (Å²) >= 11 is 0. The summed E-state index contributed by atoms with van der Waals surface area (Å²) in [5, 5.41) is 8.05. The van der Waals surface area contributed by atoms with Crippen molar-refractivity contribution in [2.24, 2.45) is 0 Å². The van der Waals surface area contributed by atoms with E-state index in [1.54, 1.807) is 6.20 Å². The van der Waals surface area contributed by atoms with E-state index in [0.29, 0.717) is 35.0 Å². The van der Waals surface area contributed by atoms with Crippen LogP contribution < -0.4 is 20.1 Å². The first-order valence-electron chi connectivity index (χ1n) is 13.0. The van der Waals surface area contributed by atoms with Gasteiger partial charge >= 0.3 is 0 Å². The van der Waals surface area contributed by atoms with Gasteiger partial charge in [-0.25, -0.2) is 0 Å². The molecule has 2 aromatic heterocycles. The van der Waals surface area contributed by atoms with Crippen LogP contribution in [0.5, 0.6) is 17.2 Å². The quantitative estimate of drug-likeness (QED) is 0.337. The van der Waals surface area contributed by atoms with Crippen LogP contribution in [0.2, 0.25) is 0 Å². The summed E-state index contributed by atoms with van der Waals surface area (Å²) in [6.07, 6.45) is 2.59. The molecule has 1 aliphatic rings. The molecule has 0 saturated carbocycles. The van der Waals surface area contributed by atoms with E-state index < -0.39 is 0 Å². The van der Waals surface area contributed by atoms with E-state index in [0.717, 1.165) is 61.2 Å². The molecule has 37 heavy (non-hydrogen) atoms. The number of carbonyl (C=O) groups is 1. The summed E-state index contributed by atoms with van der Waals surface area (Å²) < 4.78 is 18.2. The molecule has 1 atom stereocenters. The van der Waals surface area contributed by atoms with E-state index in [1.807, 2.05) is 63.2 Å². The lowest BCUT2D eigenvalue weighted by Gasteiger charge is -2.26. The first kappa shape index (κ1) is 25.0. The van der Waals surface area contributed by atoms with Crippen LogP contribution in [-0.2, 0) is 0 Å². The number of benzene rings is 2. The topological polar surface area (TPSA) is 88.9 Å². The van der Waals surface area contributed by atoms with Gasteiger partial charge in [-0.1, -0.05) is 6.92 Å². The Balaban J connectivity index is 1.31. The van der Waals surface area contributed by atoms with Gasteiger partial charge in [-0.05, 0) is 50.6 Å². The van der Waals surface area contributed by atoms with Gasteiger partial charge in [-0.2, -0.15) is 0 Å². The number of furan rings is 1. The second kappa shape index (κ2) is 11.2. The van der Waals surface area contributed by atoms with Crippen molar-refractivity contribution < 1.29 is 18.7 Å². The lowest BCUT2D eigenvalue weighted by atomic mass is 10.1. The average Bonchev–Trinajstić information content (AvgIpc) is 3.24. The van der Waals surface area contributed by atoms with Crippen molar-refractivity contribution in [3.63, 3.8) is 0 Å². The van der Waals surface area contributed by atoms with Crippen molar-refractivity contribution in [3.05, 3.63) is 60.0 Å². The number of aryl methyl sites for hydroxylation is 1. The number of carbonyl (C=O) groups excluding carboxylic acids is 1. The standard InChI is InChI=1S/C29H34N4O4/c1-4-19(2)32-29(34)28-20(3)36-27-18-22(6-8-24(27)28)37-26-9-10-31-25-17-21(5-7-23(25)26)35-16-15-33-13-11-30-12-14-33/h5-10,17-19,30H,4,11-16H2,1-3H3,(H,32,34). The number of piperazine rings is 1. The van der Waals surface area contributed by atoms with Crippen LogP contribution in [0, 0.1) is 6.92 Å². The summed E-state index contributed by atoms with van der Waals surface area (Å²) in [7, 11) is 0. The van der Waals surface area contributed by atoms with Gasteiger partial charge in [-0.15, -0.1) is 0 Å². The molecule has 1 saturated heterocycles. The first-order valence-corrected chi connectivity index (χ1v) is 13.0. The number of amides is 1. The number of rotatable bonds is 9. The zero-order valence-corrected chi connectivity index (χ0v) is 21.7. The fourth-order valence-electron chi connectivity index (χ4n) is 4.58. The Bertz CT molecular complexity index is 1390. The molecule has 1 amide bonds. The van der Waals surface area contributed by atoms with Crippen LogP contribution in [-0.4, -0.2) is 61.2 Å². The predicted octanol–water partition coefficient (Wildman–Crippen LogP) is 4.89. The molecule has 5 rings (SSSR count). The highest BCUT2D eigenvalue weighted by Gasteiger charge is 2.20. The lowest BCUT2D eigenvalue weighted by Crippen LogP contribution is -2.44. The zero-order valence-electron chi connectivity index (χ0n) is 21.7. The molecule has 194 valence electrons. The van der Waals surface area contributed by atoms with Crippen LogP contribution in [0.1, 0.15) is 36.4 Å². The van der Waals surface area contributed by atoms with E-state index >= 15 is 0 Å². The molecule has 1 unspecified atom stereocenters. The van der Waals surface area contributed by atoms with Gasteiger partial charge < -0.3 is 24.5 Å². The Morgan fingerprint density at radius 2 is 1.92 bits per heavy atom. The third kappa shape index (κ3) is 5.70. The number of nitrogens with zero attached hydrogens (tertiary/aromatic N) is 2. The largest absolute Gasteiger partial charge is 0.492 e. The molecule has 1 aliphatic heterocycles. The average molecular weight is 503 g/mol. The van der Waals surface area contributed by atoms with Gasteiger partial charge in [0.2, 0.25) is 0 Å². The minimum absolute atomic E-state index is 0.0950. The number of fused-ring (bicyclic) bond motifs is 2. The molecule has 8 nitrogen and oxygen atoms in total. The van der Waals surface area contributed by atoms with Crippen LogP contribution in [0.25, 0.3) is 21.9 Å². The van der Waals surface area contributed by atoms with Gasteiger partial charge in [0.25, 0.3) is 5.91 Å². The molecule has 3 heterocycles. The summed E-state index contributed by atoms with van der Waals surface area (Å²) in [6, 6.07) is 13.4. The SMILES string of the molecule is CCC(C)NC(=O)c1c(C)oc2cc(Oc3ccnc4cc(OCCN5CCNCC5)ccc34)ccc12. The van der Waals surface area contributed by atoms with Gasteiger partial charge in [-0.3, -0.25) is 14.7 Å². The molecule has 2 aromatic carbocycles. The lowest BCUT2D eigenvalue weighted by molar-refractivity contribution is 0.0939. The summed E-state index contributed by atoms with van der Waals surface area (Å²) in [4.78, 5) is 19.7. The van der Waals surface area contributed by atoms with Gasteiger partial charge in [0.05, 0.1) is 11.1 Å². The Morgan fingerprint density at radius 1 is 1.14 bits per heavy atom. The fraction of sp³-hybridized carbons (Fsp3) is 0.379. The Hall–Kier alpha value is -3.62. The minimum Gasteiger partial charge on any atom is -0.492 e. The Labute approximate surface area is 216 Å². The Morgan fingerprint density at radius 3 is 2.73 bits per heavy atom. The van der Waals surface area contributed by atoms with Crippen molar-refractivity contribution >= 4 is 27.8 Å². The zero-order chi connectivity index (χ0) is 25.8. The van der Waals surface area contributed by atoms with Gasteiger partial charge in [0.1, 0.15) is 35.2 Å². The van der Waals surface area contributed by atoms with E-state index in [4.69, 9.17) is 13.9 Å². The number of pyridine rings is 1. The van der Waals surface area contributed by atoms with Crippen LogP contribution in [0.3, 0.4) is 0 Å².